The molecule has 3 heterocycles. The van der Waals surface area contributed by atoms with Crippen molar-refractivity contribution in [3.63, 3.8) is 0 Å². The average molecular weight is 601 g/mol. The molecular formula is C43H28N4. The van der Waals surface area contributed by atoms with Crippen LogP contribution in [0.3, 0.4) is 0 Å². The third-order valence-corrected chi connectivity index (χ3v) is 8.81. The van der Waals surface area contributed by atoms with Crippen molar-refractivity contribution >= 4 is 27.8 Å². The van der Waals surface area contributed by atoms with Crippen molar-refractivity contribution in [2.24, 2.45) is 0 Å². The number of anilines is 3. The average Bonchev–Trinajstić information content (AvgIpc) is 3.16. The van der Waals surface area contributed by atoms with Crippen LogP contribution in [0.1, 0.15) is 0 Å². The summed E-state index contributed by atoms with van der Waals surface area (Å²) in [7, 11) is 0. The molecule has 6 aromatic carbocycles. The number of rotatable bonds is 5. The molecule has 220 valence electrons. The zero-order chi connectivity index (χ0) is 31.2. The second-order valence-corrected chi connectivity index (χ2v) is 11.7. The van der Waals surface area contributed by atoms with Gasteiger partial charge in [-0.15, -0.1) is 0 Å². The molecule has 0 radical (unpaired) electrons. The van der Waals surface area contributed by atoms with E-state index in [4.69, 9.17) is 15.0 Å². The third kappa shape index (κ3) is 4.75. The summed E-state index contributed by atoms with van der Waals surface area (Å²) >= 11 is 0. The Kier molecular flexibility index (Phi) is 6.43. The van der Waals surface area contributed by atoms with Gasteiger partial charge in [0.05, 0.1) is 28.5 Å². The van der Waals surface area contributed by atoms with Crippen LogP contribution in [0.25, 0.3) is 67.1 Å². The molecule has 0 saturated carbocycles. The summed E-state index contributed by atoms with van der Waals surface area (Å²) in [5.41, 5.74) is 12.5. The van der Waals surface area contributed by atoms with Gasteiger partial charge in [-0.1, -0.05) is 115 Å². The summed E-state index contributed by atoms with van der Waals surface area (Å²) in [5.74, 6) is 0.682. The quantitative estimate of drug-likeness (QED) is 0.197. The summed E-state index contributed by atoms with van der Waals surface area (Å²) in [4.78, 5) is 17.5. The summed E-state index contributed by atoms with van der Waals surface area (Å²) in [5, 5.41) is 2.38. The minimum Gasteiger partial charge on any atom is -0.308 e. The molecule has 0 aliphatic carbocycles. The topological polar surface area (TPSA) is 41.9 Å². The lowest BCUT2D eigenvalue weighted by Crippen LogP contribution is -2.16. The number of hydrogen-bond acceptors (Lipinski definition) is 4. The molecule has 0 amide bonds. The summed E-state index contributed by atoms with van der Waals surface area (Å²) < 4.78 is 0. The van der Waals surface area contributed by atoms with Crippen molar-refractivity contribution < 1.29 is 0 Å². The molecule has 47 heavy (non-hydrogen) atoms. The minimum absolute atomic E-state index is 0.682. The van der Waals surface area contributed by atoms with E-state index in [9.17, 15) is 0 Å². The Hall–Kier alpha value is -6.39. The van der Waals surface area contributed by atoms with Crippen LogP contribution in [0.4, 0.5) is 17.1 Å². The molecule has 0 bridgehead atoms. The fourth-order valence-corrected chi connectivity index (χ4v) is 6.65. The van der Waals surface area contributed by atoms with E-state index < -0.39 is 0 Å². The lowest BCUT2D eigenvalue weighted by molar-refractivity contribution is 1.18. The predicted molar refractivity (Wildman–Crippen MR) is 193 cm³/mol. The van der Waals surface area contributed by atoms with Gasteiger partial charge in [0.15, 0.2) is 5.82 Å². The Balaban J connectivity index is 1.22. The molecule has 0 spiro atoms. The van der Waals surface area contributed by atoms with E-state index in [0.717, 1.165) is 56.4 Å². The van der Waals surface area contributed by atoms with Crippen LogP contribution >= 0.6 is 0 Å². The van der Waals surface area contributed by atoms with Crippen molar-refractivity contribution in [1.29, 1.82) is 0 Å². The molecule has 0 N–H and O–H groups in total. The second-order valence-electron chi connectivity index (χ2n) is 11.7. The Labute approximate surface area is 273 Å². The third-order valence-electron chi connectivity index (χ3n) is 8.81. The Morgan fingerprint density at radius 1 is 0.426 bits per heavy atom. The van der Waals surface area contributed by atoms with E-state index in [2.05, 4.69) is 126 Å². The highest BCUT2D eigenvalue weighted by Gasteiger charge is 2.27. The SMILES string of the molecule is c1ccc(-c2cc3c4c(cccc4c2)N(c2cccc(-c4nc(-c5ccccc5)cc(-c5ccccc5)n4)c2)c2cccnc2-3)cc1. The molecule has 0 atom stereocenters. The molecule has 1 aliphatic heterocycles. The largest absolute Gasteiger partial charge is 0.308 e. The number of hydrogen-bond donors (Lipinski definition) is 0. The first-order valence-electron chi connectivity index (χ1n) is 15.8. The smallest absolute Gasteiger partial charge is 0.160 e. The van der Waals surface area contributed by atoms with Crippen molar-refractivity contribution in [2.75, 3.05) is 4.90 Å². The molecule has 8 aromatic rings. The van der Waals surface area contributed by atoms with E-state index in [1.54, 1.807) is 0 Å². The van der Waals surface area contributed by atoms with Crippen LogP contribution in [0, 0.1) is 0 Å². The van der Waals surface area contributed by atoms with E-state index in [-0.39, 0.29) is 0 Å². The molecule has 0 fully saturated rings. The summed E-state index contributed by atoms with van der Waals surface area (Å²) in [6, 6.07) is 57.1. The van der Waals surface area contributed by atoms with Gasteiger partial charge in [0.1, 0.15) is 0 Å². The maximum absolute atomic E-state index is 5.10. The minimum atomic E-state index is 0.682. The van der Waals surface area contributed by atoms with Gasteiger partial charge in [-0.25, -0.2) is 9.97 Å². The lowest BCUT2D eigenvalue weighted by Gasteiger charge is -2.33. The van der Waals surface area contributed by atoms with Crippen molar-refractivity contribution in [3.05, 3.63) is 170 Å². The fourth-order valence-electron chi connectivity index (χ4n) is 6.65. The second kappa shape index (κ2) is 11.2. The first kappa shape index (κ1) is 27.0. The normalized spacial score (nSPS) is 11.8. The van der Waals surface area contributed by atoms with E-state index in [1.165, 1.54) is 21.9 Å². The zero-order valence-corrected chi connectivity index (χ0v) is 25.5. The van der Waals surface area contributed by atoms with Crippen LogP contribution in [0.2, 0.25) is 0 Å². The van der Waals surface area contributed by atoms with Gasteiger partial charge in [0.25, 0.3) is 0 Å². The maximum Gasteiger partial charge on any atom is 0.160 e. The molecule has 0 unspecified atom stereocenters. The van der Waals surface area contributed by atoms with Crippen molar-refractivity contribution in [2.45, 2.75) is 0 Å². The Morgan fingerprint density at radius 3 is 1.74 bits per heavy atom. The van der Waals surface area contributed by atoms with Gasteiger partial charge >= 0.3 is 0 Å². The molecule has 9 rings (SSSR count). The fraction of sp³-hybridized carbons (Fsp3) is 0. The lowest BCUT2D eigenvalue weighted by atomic mass is 9.90. The number of nitrogens with zero attached hydrogens (tertiary/aromatic N) is 4. The number of pyridine rings is 1. The first-order valence-corrected chi connectivity index (χ1v) is 15.8. The summed E-state index contributed by atoms with van der Waals surface area (Å²) in [6.07, 6.45) is 1.89. The summed E-state index contributed by atoms with van der Waals surface area (Å²) in [6.45, 7) is 0. The first-order chi connectivity index (χ1) is 23.3. The van der Waals surface area contributed by atoms with Crippen molar-refractivity contribution in [1.82, 2.24) is 15.0 Å². The van der Waals surface area contributed by atoms with Crippen LogP contribution in [0.15, 0.2) is 170 Å². The molecule has 4 heteroatoms. The molecule has 4 nitrogen and oxygen atoms in total. The highest BCUT2D eigenvalue weighted by atomic mass is 15.2. The van der Waals surface area contributed by atoms with Crippen LogP contribution in [-0.4, -0.2) is 15.0 Å². The Morgan fingerprint density at radius 2 is 1.04 bits per heavy atom. The van der Waals surface area contributed by atoms with Gasteiger partial charge in [-0.3, -0.25) is 4.98 Å². The number of aromatic nitrogens is 3. The van der Waals surface area contributed by atoms with E-state index in [1.807, 2.05) is 48.7 Å². The monoisotopic (exact) mass is 600 g/mol. The van der Waals surface area contributed by atoms with Gasteiger partial charge < -0.3 is 4.90 Å². The zero-order valence-electron chi connectivity index (χ0n) is 25.5. The Bertz CT molecular complexity index is 2350. The van der Waals surface area contributed by atoms with Gasteiger partial charge in [0.2, 0.25) is 0 Å². The highest BCUT2D eigenvalue weighted by molar-refractivity contribution is 6.14. The molecule has 0 saturated heterocycles. The van der Waals surface area contributed by atoms with Crippen molar-refractivity contribution in [3.8, 4) is 56.3 Å². The number of fused-ring (bicyclic) bond motifs is 2. The molecule has 1 aliphatic rings. The van der Waals surface area contributed by atoms with Crippen LogP contribution in [-0.2, 0) is 0 Å². The maximum atomic E-state index is 5.10. The standard InChI is InChI=1S/C43H28N4/c1-4-13-29(14-5-1)34-25-32-19-11-22-39-41(32)36(27-34)42-40(23-12-24-44-42)47(39)35-21-10-20-33(26-35)43-45-37(30-15-6-2-7-16-30)28-38(46-43)31-17-8-3-9-18-31/h1-28H. The number of benzene rings is 6. The van der Waals surface area contributed by atoms with E-state index in [0.29, 0.717) is 5.82 Å². The highest BCUT2D eigenvalue weighted by Crippen LogP contribution is 2.51. The molecule has 2 aromatic heterocycles. The van der Waals surface area contributed by atoms with Gasteiger partial charge in [-0.05, 0) is 65.0 Å². The van der Waals surface area contributed by atoms with E-state index >= 15 is 0 Å². The van der Waals surface area contributed by atoms with Gasteiger partial charge in [0, 0.05) is 39.5 Å². The molecular weight excluding hydrogens is 573 g/mol. The predicted octanol–water partition coefficient (Wildman–Crippen LogP) is 11.1. The van der Waals surface area contributed by atoms with Gasteiger partial charge in [-0.2, -0.15) is 0 Å². The van der Waals surface area contributed by atoms with Crippen LogP contribution < -0.4 is 4.90 Å². The van der Waals surface area contributed by atoms with Crippen LogP contribution in [0.5, 0.6) is 0 Å².